The molecule has 1 heterocycles. The van der Waals surface area contributed by atoms with Crippen LogP contribution in [0.15, 0.2) is 30.3 Å². The Morgan fingerprint density at radius 2 is 1.93 bits per heavy atom. The molecule has 27 heavy (non-hydrogen) atoms. The van der Waals surface area contributed by atoms with Gasteiger partial charge in [-0.25, -0.2) is 8.78 Å². The van der Waals surface area contributed by atoms with E-state index >= 15 is 0 Å². The summed E-state index contributed by atoms with van der Waals surface area (Å²) in [6.07, 6.45) is 2.27. The molecule has 0 atom stereocenters. The minimum atomic E-state index is -0.914. The molecule has 1 aliphatic carbocycles. The molecular weight excluding hydrogens is 354 g/mol. The van der Waals surface area contributed by atoms with Gasteiger partial charge in [0.25, 0.3) is 0 Å². The Morgan fingerprint density at radius 3 is 2.59 bits per heavy atom. The second kappa shape index (κ2) is 6.51. The van der Waals surface area contributed by atoms with Crippen molar-refractivity contribution >= 4 is 5.97 Å². The summed E-state index contributed by atoms with van der Waals surface area (Å²) in [7, 11) is 0. The van der Waals surface area contributed by atoms with Crippen LogP contribution in [-0.2, 0) is 17.8 Å². The zero-order valence-corrected chi connectivity index (χ0v) is 15.2. The van der Waals surface area contributed by atoms with Gasteiger partial charge in [0.1, 0.15) is 23.7 Å². The van der Waals surface area contributed by atoms with Crippen LogP contribution in [-0.4, -0.2) is 11.6 Å². The number of ether oxygens (including phenoxy) is 3. The molecule has 6 heteroatoms. The van der Waals surface area contributed by atoms with Crippen molar-refractivity contribution in [2.75, 3.05) is 0 Å². The van der Waals surface area contributed by atoms with E-state index < -0.39 is 23.4 Å². The third kappa shape index (κ3) is 3.75. The lowest BCUT2D eigenvalue weighted by Gasteiger charge is -2.18. The predicted molar refractivity (Wildman–Crippen MR) is 93.9 cm³/mol. The monoisotopic (exact) mass is 374 g/mol. The molecular formula is C21H20F2O4. The van der Waals surface area contributed by atoms with Crippen molar-refractivity contribution in [1.29, 1.82) is 0 Å². The van der Waals surface area contributed by atoms with Gasteiger partial charge in [0.15, 0.2) is 17.4 Å². The van der Waals surface area contributed by atoms with Gasteiger partial charge < -0.3 is 14.2 Å². The number of hydrogen-bond acceptors (Lipinski definition) is 4. The van der Waals surface area contributed by atoms with Crippen molar-refractivity contribution in [3.8, 4) is 17.2 Å². The van der Waals surface area contributed by atoms with Crippen molar-refractivity contribution in [2.24, 2.45) is 5.92 Å². The molecule has 0 amide bonds. The van der Waals surface area contributed by atoms with Crippen LogP contribution in [0.25, 0.3) is 0 Å². The van der Waals surface area contributed by atoms with E-state index in [1.54, 1.807) is 0 Å². The average molecular weight is 374 g/mol. The third-order valence-electron chi connectivity index (χ3n) is 4.65. The van der Waals surface area contributed by atoms with E-state index in [0.717, 1.165) is 42.5 Å². The fraction of sp³-hybridized carbons (Fsp3) is 0.381. The maximum Gasteiger partial charge on any atom is 0.314 e. The first kappa shape index (κ1) is 17.8. The van der Waals surface area contributed by atoms with Crippen LogP contribution in [0, 0.1) is 17.6 Å². The zero-order chi connectivity index (χ0) is 19.2. The summed E-state index contributed by atoms with van der Waals surface area (Å²) in [5.41, 5.74) is 1.45. The minimum absolute atomic E-state index is 0.0334. The molecule has 1 aliphatic heterocycles. The van der Waals surface area contributed by atoms with Gasteiger partial charge in [-0.2, -0.15) is 0 Å². The Hall–Kier alpha value is -2.63. The lowest BCUT2D eigenvalue weighted by atomic mass is 10.0. The molecule has 0 unspecified atom stereocenters. The summed E-state index contributed by atoms with van der Waals surface area (Å²) in [5, 5.41) is 0. The van der Waals surface area contributed by atoms with Crippen LogP contribution in [0.2, 0.25) is 0 Å². The molecule has 1 saturated carbocycles. The molecule has 0 N–H and O–H groups in total. The molecule has 0 aromatic heterocycles. The van der Waals surface area contributed by atoms with E-state index in [-0.39, 0.29) is 23.9 Å². The molecule has 4 rings (SSSR count). The number of para-hydroxylation sites is 1. The van der Waals surface area contributed by atoms with Gasteiger partial charge in [-0.05, 0) is 32.3 Å². The number of halogens is 2. The second-order valence-electron chi connectivity index (χ2n) is 7.64. The van der Waals surface area contributed by atoms with Crippen LogP contribution >= 0.6 is 0 Å². The van der Waals surface area contributed by atoms with Gasteiger partial charge in [-0.3, -0.25) is 4.79 Å². The zero-order valence-electron chi connectivity index (χ0n) is 15.2. The summed E-state index contributed by atoms with van der Waals surface area (Å²) in [6.45, 7) is 3.94. The predicted octanol–water partition coefficient (Wildman–Crippen LogP) is 4.57. The Morgan fingerprint density at radius 1 is 1.22 bits per heavy atom. The average Bonchev–Trinajstić information content (AvgIpc) is 3.36. The maximum atomic E-state index is 14.3. The van der Waals surface area contributed by atoms with E-state index in [2.05, 4.69) is 0 Å². The fourth-order valence-corrected chi connectivity index (χ4v) is 3.19. The minimum Gasteiger partial charge on any atom is -0.487 e. The van der Waals surface area contributed by atoms with Crippen molar-refractivity contribution in [2.45, 2.75) is 45.3 Å². The first-order chi connectivity index (χ1) is 12.8. The van der Waals surface area contributed by atoms with E-state index in [1.165, 1.54) is 0 Å². The number of hydrogen-bond donors (Lipinski definition) is 0. The Labute approximate surface area is 156 Å². The third-order valence-corrected chi connectivity index (χ3v) is 4.65. The molecule has 0 spiro atoms. The summed E-state index contributed by atoms with van der Waals surface area (Å²) in [4.78, 5) is 11.6. The van der Waals surface area contributed by atoms with E-state index in [1.807, 2.05) is 32.0 Å². The van der Waals surface area contributed by atoms with Crippen LogP contribution in [0.5, 0.6) is 17.2 Å². The van der Waals surface area contributed by atoms with Gasteiger partial charge in [-0.15, -0.1) is 0 Å². The number of benzene rings is 2. The number of fused-ring (bicyclic) bond motifs is 1. The fourth-order valence-electron chi connectivity index (χ4n) is 3.19. The maximum absolute atomic E-state index is 14.3. The molecule has 1 fully saturated rings. The SMILES string of the molecule is CC1(C)Cc2cccc(COc3c(F)cc(OC(=O)C4CC4)cc3F)c2O1. The van der Waals surface area contributed by atoms with Crippen molar-refractivity contribution in [1.82, 2.24) is 0 Å². The Kier molecular flexibility index (Phi) is 4.29. The molecule has 142 valence electrons. The van der Waals surface area contributed by atoms with Gasteiger partial charge in [0.2, 0.25) is 0 Å². The van der Waals surface area contributed by atoms with E-state index in [0.29, 0.717) is 5.75 Å². The lowest BCUT2D eigenvalue weighted by molar-refractivity contribution is -0.135. The van der Waals surface area contributed by atoms with Crippen LogP contribution in [0.4, 0.5) is 8.78 Å². The first-order valence-electron chi connectivity index (χ1n) is 8.96. The smallest absolute Gasteiger partial charge is 0.314 e. The highest BCUT2D eigenvalue weighted by molar-refractivity contribution is 5.77. The Balaban J connectivity index is 1.49. The highest BCUT2D eigenvalue weighted by atomic mass is 19.1. The largest absolute Gasteiger partial charge is 0.487 e. The van der Waals surface area contributed by atoms with Gasteiger partial charge in [0, 0.05) is 24.1 Å². The second-order valence-corrected chi connectivity index (χ2v) is 7.64. The number of esters is 1. The van der Waals surface area contributed by atoms with Crippen LogP contribution in [0.1, 0.15) is 37.8 Å². The van der Waals surface area contributed by atoms with Gasteiger partial charge >= 0.3 is 5.97 Å². The summed E-state index contributed by atoms with van der Waals surface area (Å²) in [5.74, 6) is -2.39. The van der Waals surface area contributed by atoms with Gasteiger partial charge in [0.05, 0.1) is 5.92 Å². The summed E-state index contributed by atoms with van der Waals surface area (Å²) < 4.78 is 44.9. The quantitative estimate of drug-likeness (QED) is 0.568. The molecule has 4 nitrogen and oxygen atoms in total. The first-order valence-corrected chi connectivity index (χ1v) is 8.96. The normalized spacial score (nSPS) is 17.2. The highest BCUT2D eigenvalue weighted by Gasteiger charge is 2.33. The molecule has 2 aromatic rings. The molecule has 2 aromatic carbocycles. The summed E-state index contributed by atoms with van der Waals surface area (Å²) >= 11 is 0. The molecule has 0 radical (unpaired) electrons. The Bertz CT molecular complexity index is 880. The van der Waals surface area contributed by atoms with Crippen molar-refractivity contribution < 1.29 is 27.8 Å². The molecule has 2 aliphatic rings. The van der Waals surface area contributed by atoms with E-state index in [9.17, 15) is 13.6 Å². The number of carbonyl (C=O) groups excluding carboxylic acids is 1. The van der Waals surface area contributed by atoms with Crippen molar-refractivity contribution in [3.63, 3.8) is 0 Å². The molecule has 0 bridgehead atoms. The number of carbonyl (C=O) groups is 1. The number of rotatable bonds is 5. The topological polar surface area (TPSA) is 44.8 Å². The van der Waals surface area contributed by atoms with Crippen LogP contribution < -0.4 is 14.2 Å². The highest BCUT2D eigenvalue weighted by Crippen LogP contribution is 2.38. The van der Waals surface area contributed by atoms with Crippen LogP contribution in [0.3, 0.4) is 0 Å². The van der Waals surface area contributed by atoms with Gasteiger partial charge in [-0.1, -0.05) is 18.2 Å². The summed E-state index contributed by atoms with van der Waals surface area (Å²) in [6, 6.07) is 7.58. The molecule has 0 saturated heterocycles. The lowest BCUT2D eigenvalue weighted by Crippen LogP contribution is -2.25. The van der Waals surface area contributed by atoms with Crippen molar-refractivity contribution in [3.05, 3.63) is 53.1 Å². The standard InChI is InChI=1S/C21H20F2O4/c1-21(2)10-13-4-3-5-14(18(13)27-21)11-25-19-16(22)8-15(9-17(19)23)26-20(24)12-6-7-12/h3-5,8-9,12H,6-7,10-11H2,1-2H3. The van der Waals surface area contributed by atoms with E-state index in [4.69, 9.17) is 14.2 Å².